The molecular formula is C24H16ClN3O3S. The van der Waals surface area contributed by atoms with Crippen molar-refractivity contribution in [3.63, 3.8) is 0 Å². The number of halogens is 1. The average molecular weight is 462 g/mol. The second-order valence-corrected chi connectivity index (χ2v) is 8.06. The van der Waals surface area contributed by atoms with Crippen molar-refractivity contribution in [3.05, 3.63) is 83.1 Å². The van der Waals surface area contributed by atoms with Gasteiger partial charge in [0.15, 0.2) is 16.5 Å². The Labute approximate surface area is 193 Å². The highest BCUT2D eigenvalue weighted by Crippen LogP contribution is 2.30. The van der Waals surface area contributed by atoms with Crippen LogP contribution in [0.5, 0.6) is 0 Å². The summed E-state index contributed by atoms with van der Waals surface area (Å²) in [6.07, 6.45) is 0. The molecule has 8 heteroatoms. The minimum atomic E-state index is -0.458. The highest BCUT2D eigenvalue weighted by atomic mass is 35.5. The highest BCUT2D eigenvalue weighted by molar-refractivity contribution is 7.80. The van der Waals surface area contributed by atoms with Crippen molar-refractivity contribution in [1.29, 1.82) is 0 Å². The monoisotopic (exact) mass is 461 g/mol. The topological polar surface area (TPSA) is 80.3 Å². The number of amides is 1. The number of rotatable bonds is 3. The van der Waals surface area contributed by atoms with Crippen LogP contribution in [0.4, 0.5) is 5.69 Å². The fraction of sp³-hybridized carbons (Fsp3) is 0.0417. The van der Waals surface area contributed by atoms with Gasteiger partial charge in [0.25, 0.3) is 5.91 Å². The number of furan rings is 1. The van der Waals surface area contributed by atoms with E-state index in [1.165, 1.54) is 0 Å². The van der Waals surface area contributed by atoms with E-state index in [1.807, 2.05) is 43.3 Å². The van der Waals surface area contributed by atoms with Crippen molar-refractivity contribution in [2.24, 2.45) is 0 Å². The third kappa shape index (κ3) is 3.95. The summed E-state index contributed by atoms with van der Waals surface area (Å²) in [4.78, 5) is 17.1. The lowest BCUT2D eigenvalue weighted by atomic mass is 10.2. The number of carbonyl (C=O) groups excluding carboxylic acids is 1. The van der Waals surface area contributed by atoms with Gasteiger partial charge in [0.1, 0.15) is 11.1 Å². The molecule has 1 amide bonds. The van der Waals surface area contributed by atoms with Gasteiger partial charge in [-0.2, -0.15) is 0 Å². The lowest BCUT2D eigenvalue weighted by molar-refractivity contribution is 0.0953. The van der Waals surface area contributed by atoms with E-state index in [4.69, 9.17) is 32.7 Å². The number of thiocarbonyl (C=S) groups is 1. The van der Waals surface area contributed by atoms with E-state index >= 15 is 0 Å². The third-order valence-electron chi connectivity index (χ3n) is 4.88. The van der Waals surface area contributed by atoms with Crippen LogP contribution in [-0.4, -0.2) is 16.0 Å². The molecule has 0 fully saturated rings. The second kappa shape index (κ2) is 8.11. The van der Waals surface area contributed by atoms with E-state index in [1.54, 1.807) is 30.3 Å². The summed E-state index contributed by atoms with van der Waals surface area (Å²) in [5.41, 5.74) is 4.43. The molecule has 3 aromatic carbocycles. The molecule has 5 rings (SSSR count). The van der Waals surface area contributed by atoms with Gasteiger partial charge < -0.3 is 14.2 Å². The van der Waals surface area contributed by atoms with Crippen molar-refractivity contribution >= 4 is 62.6 Å². The summed E-state index contributed by atoms with van der Waals surface area (Å²) >= 11 is 11.6. The first-order valence-electron chi connectivity index (χ1n) is 9.74. The van der Waals surface area contributed by atoms with Crippen molar-refractivity contribution < 1.29 is 13.6 Å². The van der Waals surface area contributed by atoms with Gasteiger partial charge in [0, 0.05) is 10.9 Å². The number of aromatic nitrogens is 1. The molecule has 0 unspecified atom stereocenters. The maximum absolute atomic E-state index is 12.5. The summed E-state index contributed by atoms with van der Waals surface area (Å²) in [5, 5.41) is 6.92. The largest absolute Gasteiger partial charge is 0.451 e. The Bertz CT molecular complexity index is 1470. The smallest absolute Gasteiger partial charge is 0.293 e. The van der Waals surface area contributed by atoms with Gasteiger partial charge in [-0.25, -0.2) is 4.98 Å². The van der Waals surface area contributed by atoms with Crippen LogP contribution in [0.3, 0.4) is 0 Å². The first-order chi connectivity index (χ1) is 15.5. The van der Waals surface area contributed by atoms with E-state index in [-0.39, 0.29) is 10.9 Å². The van der Waals surface area contributed by atoms with E-state index in [2.05, 4.69) is 15.6 Å². The Morgan fingerprint density at radius 1 is 1.00 bits per heavy atom. The van der Waals surface area contributed by atoms with Gasteiger partial charge in [0.2, 0.25) is 5.89 Å². The Balaban J connectivity index is 1.35. The lowest BCUT2D eigenvalue weighted by Crippen LogP contribution is -2.33. The third-order valence-corrected chi connectivity index (χ3v) is 5.41. The minimum Gasteiger partial charge on any atom is -0.451 e. The molecule has 0 bridgehead atoms. The predicted octanol–water partition coefficient (Wildman–Crippen LogP) is 6.33. The molecule has 0 aliphatic rings. The highest BCUT2D eigenvalue weighted by Gasteiger charge is 2.15. The molecule has 2 N–H and O–H groups in total. The van der Waals surface area contributed by atoms with Crippen LogP contribution >= 0.6 is 23.8 Å². The summed E-state index contributed by atoms with van der Waals surface area (Å²) in [6, 6.07) is 20.1. The normalized spacial score (nSPS) is 11.1. The number of hydrogen-bond donors (Lipinski definition) is 2. The number of fused-ring (bicyclic) bond motifs is 2. The number of nitrogens with zero attached hydrogens (tertiary/aromatic N) is 1. The Kier molecular flexibility index (Phi) is 5.13. The zero-order valence-electron chi connectivity index (χ0n) is 16.8. The molecule has 32 heavy (non-hydrogen) atoms. The van der Waals surface area contributed by atoms with E-state index in [0.717, 1.165) is 22.0 Å². The van der Waals surface area contributed by atoms with Gasteiger partial charge in [-0.1, -0.05) is 35.9 Å². The van der Waals surface area contributed by atoms with Crippen LogP contribution in [0.15, 0.2) is 75.6 Å². The molecule has 0 aliphatic carbocycles. The molecule has 2 aromatic heterocycles. The van der Waals surface area contributed by atoms with E-state index in [9.17, 15) is 4.79 Å². The maximum atomic E-state index is 12.5. The van der Waals surface area contributed by atoms with Crippen LogP contribution in [-0.2, 0) is 0 Å². The number of nitrogens with one attached hydrogen (secondary N) is 2. The van der Waals surface area contributed by atoms with Gasteiger partial charge in [-0.15, -0.1) is 0 Å². The van der Waals surface area contributed by atoms with Crippen molar-refractivity contribution in [2.75, 3.05) is 5.32 Å². The molecule has 0 atom stereocenters. The molecule has 0 saturated carbocycles. The number of carbonyl (C=O) groups is 1. The summed E-state index contributed by atoms with van der Waals surface area (Å²) in [6.45, 7) is 2.00. The minimum absolute atomic E-state index is 0.0858. The molecule has 0 spiro atoms. The van der Waals surface area contributed by atoms with Crippen LogP contribution in [0.25, 0.3) is 33.5 Å². The van der Waals surface area contributed by atoms with Crippen LogP contribution in [0, 0.1) is 6.92 Å². The maximum Gasteiger partial charge on any atom is 0.293 e. The Morgan fingerprint density at radius 3 is 2.69 bits per heavy atom. The molecule has 158 valence electrons. The number of para-hydroxylation sites is 1. The first-order valence-corrected chi connectivity index (χ1v) is 10.5. The van der Waals surface area contributed by atoms with Crippen LogP contribution < -0.4 is 10.6 Å². The van der Waals surface area contributed by atoms with Crippen LogP contribution in [0.2, 0.25) is 5.02 Å². The number of aryl methyl sites for hydroxylation is 1. The molecule has 0 radical (unpaired) electrons. The standard InChI is InChI=1S/C24H16ClN3O3S/c1-13-6-9-20-18(10-13)26-23(31-20)15-7-8-16(25)17(11-15)27-24(32)28-22(29)21-12-14-4-2-3-5-19(14)30-21/h2-12H,1H3,(H2,27,28,29,32). The summed E-state index contributed by atoms with van der Waals surface area (Å²) in [7, 11) is 0. The van der Waals surface area contributed by atoms with Gasteiger partial charge in [-0.05, 0) is 67.2 Å². The zero-order valence-corrected chi connectivity index (χ0v) is 18.4. The number of benzene rings is 3. The van der Waals surface area contributed by atoms with E-state index in [0.29, 0.717) is 27.8 Å². The molecule has 6 nitrogen and oxygen atoms in total. The van der Waals surface area contributed by atoms with Gasteiger partial charge in [0.05, 0.1) is 10.7 Å². The number of anilines is 1. The van der Waals surface area contributed by atoms with Gasteiger partial charge in [-0.3, -0.25) is 10.1 Å². The molecule has 0 saturated heterocycles. The molecular weight excluding hydrogens is 446 g/mol. The summed E-state index contributed by atoms with van der Waals surface area (Å²) in [5.74, 6) is 0.166. The Hall–Kier alpha value is -3.68. The summed E-state index contributed by atoms with van der Waals surface area (Å²) < 4.78 is 11.4. The Morgan fingerprint density at radius 2 is 1.84 bits per heavy atom. The van der Waals surface area contributed by atoms with E-state index < -0.39 is 5.91 Å². The van der Waals surface area contributed by atoms with Crippen molar-refractivity contribution in [2.45, 2.75) is 6.92 Å². The second-order valence-electron chi connectivity index (χ2n) is 7.24. The fourth-order valence-electron chi connectivity index (χ4n) is 3.33. The predicted molar refractivity (Wildman–Crippen MR) is 129 cm³/mol. The van der Waals surface area contributed by atoms with Crippen molar-refractivity contribution in [1.82, 2.24) is 10.3 Å². The molecule has 2 heterocycles. The lowest BCUT2D eigenvalue weighted by Gasteiger charge is -2.11. The SMILES string of the molecule is Cc1ccc2oc(-c3ccc(Cl)c(NC(=S)NC(=O)c4cc5ccccc5o4)c3)nc2c1. The van der Waals surface area contributed by atoms with Gasteiger partial charge >= 0.3 is 0 Å². The fourth-order valence-corrected chi connectivity index (χ4v) is 3.69. The zero-order chi connectivity index (χ0) is 22.2. The van der Waals surface area contributed by atoms with Crippen molar-refractivity contribution in [3.8, 4) is 11.5 Å². The first kappa shape index (κ1) is 20.2. The number of oxazole rings is 1. The molecule has 5 aromatic rings. The number of hydrogen-bond acceptors (Lipinski definition) is 5. The molecule has 0 aliphatic heterocycles. The average Bonchev–Trinajstić information content (AvgIpc) is 3.39. The quantitative estimate of drug-likeness (QED) is 0.305. The van der Waals surface area contributed by atoms with Crippen LogP contribution in [0.1, 0.15) is 16.1 Å².